The molecule has 1 aliphatic carbocycles. The highest BCUT2D eigenvalue weighted by molar-refractivity contribution is 6.22. The number of hydrogen-bond donors (Lipinski definition) is 0. The largest absolute Gasteiger partial charge is 0.451 e. The van der Waals surface area contributed by atoms with Crippen molar-refractivity contribution in [3.05, 3.63) is 95.1 Å². The van der Waals surface area contributed by atoms with Gasteiger partial charge in [-0.3, -0.25) is 14.5 Å². The van der Waals surface area contributed by atoms with Crippen LogP contribution in [0.2, 0.25) is 0 Å². The van der Waals surface area contributed by atoms with Crippen LogP contribution in [0.1, 0.15) is 51.8 Å². The molecular weight excluding hydrogens is 390 g/mol. The molecule has 3 aromatic rings. The molecule has 5 heteroatoms. The average Bonchev–Trinajstić information content (AvgIpc) is 3.22. The van der Waals surface area contributed by atoms with Crippen molar-refractivity contribution < 1.29 is 19.1 Å². The summed E-state index contributed by atoms with van der Waals surface area (Å²) in [5, 5.41) is 0. The third kappa shape index (κ3) is 2.88. The van der Waals surface area contributed by atoms with E-state index < -0.39 is 29.9 Å². The van der Waals surface area contributed by atoms with Crippen LogP contribution in [0.25, 0.3) is 11.1 Å². The first kappa shape index (κ1) is 19.2. The number of carbonyl (C=O) groups excluding carboxylic acids is 3. The smallest absolute Gasteiger partial charge is 0.330 e. The number of imide groups is 1. The van der Waals surface area contributed by atoms with Crippen molar-refractivity contribution in [2.45, 2.75) is 26.0 Å². The van der Waals surface area contributed by atoms with E-state index in [1.165, 1.54) is 0 Å². The van der Waals surface area contributed by atoms with Gasteiger partial charge in [-0.05, 0) is 29.2 Å². The number of amides is 2. The molecule has 0 saturated carbocycles. The van der Waals surface area contributed by atoms with Crippen LogP contribution in [-0.2, 0) is 9.53 Å². The Balaban J connectivity index is 1.50. The number of fused-ring (bicyclic) bond motifs is 4. The molecule has 0 radical (unpaired) electrons. The Hall–Kier alpha value is -3.73. The summed E-state index contributed by atoms with van der Waals surface area (Å²) >= 11 is 0. The second kappa shape index (κ2) is 7.20. The molecule has 31 heavy (non-hydrogen) atoms. The van der Waals surface area contributed by atoms with E-state index in [1.807, 2.05) is 62.4 Å². The minimum Gasteiger partial charge on any atom is -0.451 e. The van der Waals surface area contributed by atoms with Gasteiger partial charge in [0.25, 0.3) is 11.8 Å². The summed E-state index contributed by atoms with van der Waals surface area (Å²) in [5.41, 5.74) is 4.50. The summed E-state index contributed by atoms with van der Waals surface area (Å²) in [5.74, 6) is -1.80. The molecule has 0 unspecified atom stereocenters. The van der Waals surface area contributed by atoms with Gasteiger partial charge in [-0.2, -0.15) is 0 Å². The van der Waals surface area contributed by atoms with Crippen molar-refractivity contribution in [2.24, 2.45) is 5.92 Å². The Morgan fingerprint density at radius 2 is 1.16 bits per heavy atom. The maximum atomic E-state index is 13.4. The Morgan fingerprint density at radius 1 is 0.742 bits per heavy atom. The van der Waals surface area contributed by atoms with Gasteiger partial charge in [-0.1, -0.05) is 74.5 Å². The number of nitrogens with zero attached hydrogens (tertiary/aromatic N) is 1. The number of ether oxygens (including phenoxy) is 1. The first-order valence-corrected chi connectivity index (χ1v) is 10.3. The highest BCUT2D eigenvalue weighted by Gasteiger charge is 2.45. The summed E-state index contributed by atoms with van der Waals surface area (Å²) in [6.07, 6.45) is -0.573. The molecule has 2 aliphatic rings. The van der Waals surface area contributed by atoms with Gasteiger partial charge in [0.1, 0.15) is 6.04 Å². The molecule has 2 amide bonds. The fourth-order valence-electron chi connectivity index (χ4n) is 4.56. The lowest BCUT2D eigenvalue weighted by Gasteiger charge is -2.29. The standard InChI is InChI=1S/C26H21NO4/c1-15(2)22(27-24(28)20-13-7-8-14-21(20)25(27)29)26(30)31-23-18-11-5-3-9-16(18)17-10-4-6-12-19(17)23/h3-15,22-23H,1-2H3/t22-/m1/s1. The molecule has 0 bridgehead atoms. The van der Waals surface area contributed by atoms with E-state index in [-0.39, 0.29) is 5.92 Å². The normalized spacial score (nSPS) is 15.6. The quantitative estimate of drug-likeness (QED) is 0.464. The zero-order valence-electron chi connectivity index (χ0n) is 17.2. The van der Waals surface area contributed by atoms with Crippen LogP contribution in [-0.4, -0.2) is 28.7 Å². The second-order valence-corrected chi connectivity index (χ2v) is 8.21. The minimum atomic E-state index is -1.01. The summed E-state index contributed by atoms with van der Waals surface area (Å²) in [4.78, 5) is 40.5. The minimum absolute atomic E-state index is 0.304. The maximum absolute atomic E-state index is 13.4. The Bertz CT molecular complexity index is 1150. The van der Waals surface area contributed by atoms with Crippen LogP contribution in [0.4, 0.5) is 0 Å². The van der Waals surface area contributed by atoms with E-state index in [0.717, 1.165) is 27.2 Å². The number of benzene rings is 3. The third-order valence-electron chi connectivity index (χ3n) is 5.99. The molecular formula is C26H21NO4. The van der Waals surface area contributed by atoms with Gasteiger partial charge in [-0.25, -0.2) is 4.79 Å². The van der Waals surface area contributed by atoms with E-state index >= 15 is 0 Å². The van der Waals surface area contributed by atoms with Crippen LogP contribution in [0, 0.1) is 5.92 Å². The summed E-state index contributed by atoms with van der Waals surface area (Å²) in [6, 6.07) is 21.3. The van der Waals surface area contributed by atoms with Gasteiger partial charge in [-0.15, -0.1) is 0 Å². The van der Waals surface area contributed by atoms with Crippen molar-refractivity contribution in [3.63, 3.8) is 0 Å². The fourth-order valence-corrected chi connectivity index (χ4v) is 4.56. The van der Waals surface area contributed by atoms with Gasteiger partial charge >= 0.3 is 5.97 Å². The molecule has 0 N–H and O–H groups in total. The second-order valence-electron chi connectivity index (χ2n) is 8.21. The molecule has 0 fully saturated rings. The molecule has 1 heterocycles. The van der Waals surface area contributed by atoms with E-state index in [1.54, 1.807) is 24.3 Å². The molecule has 0 saturated heterocycles. The van der Waals surface area contributed by atoms with Crippen LogP contribution in [0.5, 0.6) is 0 Å². The topological polar surface area (TPSA) is 63.7 Å². The molecule has 0 aromatic heterocycles. The van der Waals surface area contributed by atoms with Crippen LogP contribution < -0.4 is 0 Å². The first-order valence-electron chi connectivity index (χ1n) is 10.3. The maximum Gasteiger partial charge on any atom is 0.330 e. The van der Waals surface area contributed by atoms with E-state index in [4.69, 9.17) is 4.74 Å². The van der Waals surface area contributed by atoms with Crippen LogP contribution in [0.15, 0.2) is 72.8 Å². The summed E-state index contributed by atoms with van der Waals surface area (Å²) in [6.45, 7) is 3.62. The van der Waals surface area contributed by atoms with Gasteiger partial charge < -0.3 is 4.74 Å². The van der Waals surface area contributed by atoms with E-state index in [0.29, 0.717) is 11.1 Å². The number of rotatable bonds is 4. The average molecular weight is 411 g/mol. The lowest BCUT2D eigenvalue weighted by atomic mass is 10.0. The van der Waals surface area contributed by atoms with Crippen molar-refractivity contribution in [3.8, 4) is 11.1 Å². The summed E-state index contributed by atoms with van der Waals surface area (Å²) in [7, 11) is 0. The van der Waals surface area contributed by atoms with Gasteiger partial charge in [0.05, 0.1) is 11.1 Å². The molecule has 154 valence electrons. The Morgan fingerprint density at radius 3 is 1.61 bits per heavy atom. The molecule has 1 aliphatic heterocycles. The summed E-state index contributed by atoms with van der Waals surface area (Å²) < 4.78 is 6.01. The van der Waals surface area contributed by atoms with Crippen molar-refractivity contribution >= 4 is 17.8 Å². The zero-order valence-corrected chi connectivity index (χ0v) is 17.2. The predicted octanol–water partition coefficient (Wildman–Crippen LogP) is 4.62. The molecule has 5 nitrogen and oxygen atoms in total. The monoisotopic (exact) mass is 411 g/mol. The fraction of sp³-hybridized carbons (Fsp3) is 0.192. The SMILES string of the molecule is CC(C)[C@H](C(=O)OC1c2ccccc2-c2ccccc21)N1C(=O)c2ccccc2C1=O. The Labute approximate surface area is 180 Å². The molecule has 1 atom stereocenters. The Kier molecular flexibility index (Phi) is 4.47. The third-order valence-corrected chi connectivity index (χ3v) is 5.99. The number of carbonyl (C=O) groups is 3. The lowest BCUT2D eigenvalue weighted by molar-refractivity contribution is -0.153. The van der Waals surface area contributed by atoms with Gasteiger partial charge in [0.2, 0.25) is 0 Å². The van der Waals surface area contributed by atoms with Crippen molar-refractivity contribution in [1.82, 2.24) is 4.90 Å². The number of esters is 1. The van der Waals surface area contributed by atoms with Gasteiger partial charge in [0.15, 0.2) is 6.10 Å². The van der Waals surface area contributed by atoms with Crippen molar-refractivity contribution in [2.75, 3.05) is 0 Å². The highest BCUT2D eigenvalue weighted by Crippen LogP contribution is 2.45. The number of hydrogen-bond acceptors (Lipinski definition) is 4. The van der Waals surface area contributed by atoms with E-state index in [2.05, 4.69) is 0 Å². The van der Waals surface area contributed by atoms with Crippen LogP contribution in [0.3, 0.4) is 0 Å². The van der Waals surface area contributed by atoms with Crippen LogP contribution >= 0.6 is 0 Å². The van der Waals surface area contributed by atoms with Gasteiger partial charge in [0, 0.05) is 11.1 Å². The molecule has 3 aromatic carbocycles. The zero-order chi connectivity index (χ0) is 21.7. The molecule has 0 spiro atoms. The predicted molar refractivity (Wildman–Crippen MR) is 115 cm³/mol. The highest BCUT2D eigenvalue weighted by atomic mass is 16.5. The van der Waals surface area contributed by atoms with Crippen molar-refractivity contribution in [1.29, 1.82) is 0 Å². The first-order chi connectivity index (χ1) is 15.0. The molecule has 5 rings (SSSR count). The van der Waals surface area contributed by atoms with E-state index in [9.17, 15) is 14.4 Å². The lowest BCUT2D eigenvalue weighted by Crippen LogP contribution is -2.48.